The fourth-order valence-electron chi connectivity index (χ4n) is 1.78. The number of aryl methyl sites for hydroxylation is 1. The fourth-order valence-corrected chi connectivity index (χ4v) is 2.56. The summed E-state index contributed by atoms with van der Waals surface area (Å²) in [6.45, 7) is 2.29. The first kappa shape index (κ1) is 15.3. The molecule has 0 aliphatic rings. The summed E-state index contributed by atoms with van der Waals surface area (Å²) in [4.78, 5) is 14.8. The molecular weight excluding hydrogens is 288 g/mol. The molecule has 2 heterocycles. The van der Waals surface area contributed by atoms with E-state index in [1.807, 2.05) is 11.4 Å². The van der Waals surface area contributed by atoms with Crippen molar-refractivity contribution in [1.82, 2.24) is 10.1 Å². The van der Waals surface area contributed by atoms with Gasteiger partial charge >= 0.3 is 0 Å². The summed E-state index contributed by atoms with van der Waals surface area (Å²) in [7, 11) is 1.74. The van der Waals surface area contributed by atoms with E-state index >= 15 is 0 Å². The Morgan fingerprint density at radius 1 is 1.57 bits per heavy atom. The summed E-state index contributed by atoms with van der Waals surface area (Å²) < 4.78 is 4.91. The van der Waals surface area contributed by atoms with Crippen LogP contribution in [0.25, 0.3) is 0 Å². The van der Waals surface area contributed by atoms with Crippen molar-refractivity contribution in [3.8, 4) is 11.8 Å². The molecule has 0 atom stereocenters. The number of hydrogen-bond acceptors (Lipinski definition) is 5. The molecule has 0 fully saturated rings. The highest BCUT2D eigenvalue weighted by molar-refractivity contribution is 7.10. The molecule has 0 aliphatic carbocycles. The SMILES string of the molecule is Cc1oncc1C(=O)N(C)Cc1csc(C#CCCO)c1. The molecule has 0 saturated carbocycles. The van der Waals surface area contributed by atoms with Crippen molar-refractivity contribution >= 4 is 17.2 Å². The van der Waals surface area contributed by atoms with Gasteiger partial charge in [-0.2, -0.15) is 0 Å². The number of nitrogens with zero attached hydrogens (tertiary/aromatic N) is 2. The Kier molecular flexibility index (Phi) is 5.14. The summed E-state index contributed by atoms with van der Waals surface area (Å²) in [5.74, 6) is 6.27. The van der Waals surface area contributed by atoms with Gasteiger partial charge in [0.25, 0.3) is 5.91 Å². The average molecular weight is 304 g/mol. The Labute approximate surface area is 127 Å². The largest absolute Gasteiger partial charge is 0.395 e. The van der Waals surface area contributed by atoms with E-state index in [1.54, 1.807) is 18.9 Å². The van der Waals surface area contributed by atoms with Gasteiger partial charge in [0, 0.05) is 20.0 Å². The van der Waals surface area contributed by atoms with Crippen LogP contribution in [0.2, 0.25) is 0 Å². The first-order chi connectivity index (χ1) is 10.1. The van der Waals surface area contributed by atoms with Crippen molar-refractivity contribution in [2.24, 2.45) is 0 Å². The van der Waals surface area contributed by atoms with Crippen molar-refractivity contribution in [1.29, 1.82) is 0 Å². The molecule has 0 aliphatic heterocycles. The van der Waals surface area contributed by atoms with Crippen molar-refractivity contribution < 1.29 is 14.4 Å². The van der Waals surface area contributed by atoms with Crippen LogP contribution in [0.15, 0.2) is 22.2 Å². The van der Waals surface area contributed by atoms with Crippen molar-refractivity contribution in [2.45, 2.75) is 19.9 Å². The predicted molar refractivity (Wildman–Crippen MR) is 79.9 cm³/mol. The van der Waals surface area contributed by atoms with E-state index in [0.29, 0.717) is 24.3 Å². The van der Waals surface area contributed by atoms with Gasteiger partial charge < -0.3 is 14.5 Å². The van der Waals surface area contributed by atoms with E-state index in [1.165, 1.54) is 17.5 Å². The summed E-state index contributed by atoms with van der Waals surface area (Å²) in [6, 6.07) is 1.96. The van der Waals surface area contributed by atoms with Gasteiger partial charge in [-0.05, 0) is 23.9 Å². The molecule has 1 N–H and O–H groups in total. The van der Waals surface area contributed by atoms with E-state index in [0.717, 1.165) is 10.4 Å². The monoisotopic (exact) mass is 304 g/mol. The molecule has 110 valence electrons. The molecule has 0 saturated heterocycles. The van der Waals surface area contributed by atoms with Crippen LogP contribution in [0.1, 0.15) is 33.0 Å². The Balaban J connectivity index is 2.00. The van der Waals surface area contributed by atoms with Gasteiger partial charge in [0.1, 0.15) is 11.3 Å². The maximum absolute atomic E-state index is 12.2. The van der Waals surface area contributed by atoms with E-state index in [-0.39, 0.29) is 12.5 Å². The number of amides is 1. The number of aromatic nitrogens is 1. The lowest BCUT2D eigenvalue weighted by molar-refractivity contribution is 0.0783. The van der Waals surface area contributed by atoms with Crippen LogP contribution in [0.3, 0.4) is 0 Å². The third kappa shape index (κ3) is 3.94. The highest BCUT2D eigenvalue weighted by Crippen LogP contribution is 2.17. The minimum Gasteiger partial charge on any atom is -0.395 e. The second kappa shape index (κ2) is 7.07. The van der Waals surface area contributed by atoms with E-state index in [9.17, 15) is 4.79 Å². The Morgan fingerprint density at radius 3 is 3.05 bits per heavy atom. The molecule has 6 heteroatoms. The zero-order valence-electron chi connectivity index (χ0n) is 11.9. The van der Waals surface area contributed by atoms with Crippen LogP contribution in [0.4, 0.5) is 0 Å². The Bertz CT molecular complexity index is 678. The lowest BCUT2D eigenvalue weighted by atomic mass is 10.2. The topological polar surface area (TPSA) is 66.6 Å². The normalized spacial score (nSPS) is 10.0. The minimum absolute atomic E-state index is 0.0700. The van der Waals surface area contributed by atoms with Gasteiger partial charge in [0.15, 0.2) is 0 Å². The second-order valence-corrected chi connectivity index (χ2v) is 5.46. The van der Waals surface area contributed by atoms with Gasteiger partial charge in [0.05, 0.1) is 17.7 Å². The van der Waals surface area contributed by atoms with Crippen molar-refractivity contribution in [3.63, 3.8) is 0 Å². The molecule has 21 heavy (non-hydrogen) atoms. The van der Waals surface area contributed by atoms with Crippen LogP contribution >= 0.6 is 11.3 Å². The fraction of sp³-hybridized carbons (Fsp3) is 0.333. The predicted octanol–water partition coefficient (Wildman–Crippen LogP) is 2.05. The van der Waals surface area contributed by atoms with Crippen LogP contribution in [-0.4, -0.2) is 34.7 Å². The number of thiophene rings is 1. The van der Waals surface area contributed by atoms with Crippen molar-refractivity contribution in [3.05, 3.63) is 39.4 Å². The van der Waals surface area contributed by atoms with Crippen LogP contribution in [0, 0.1) is 18.8 Å². The molecular formula is C15H16N2O3S. The number of carbonyl (C=O) groups is 1. The molecule has 2 aromatic heterocycles. The summed E-state index contributed by atoms with van der Waals surface area (Å²) in [5, 5.41) is 14.3. The van der Waals surface area contributed by atoms with Crippen molar-refractivity contribution in [2.75, 3.05) is 13.7 Å². The molecule has 2 rings (SSSR count). The Hall–Kier alpha value is -2.10. The number of aliphatic hydroxyl groups excluding tert-OH is 1. The van der Waals surface area contributed by atoms with E-state index in [4.69, 9.17) is 9.63 Å². The molecule has 5 nitrogen and oxygen atoms in total. The summed E-state index contributed by atoms with van der Waals surface area (Å²) >= 11 is 1.53. The molecule has 0 radical (unpaired) electrons. The second-order valence-electron chi connectivity index (χ2n) is 4.55. The molecule has 0 bridgehead atoms. The van der Waals surface area contributed by atoms with Gasteiger partial charge in [-0.15, -0.1) is 11.3 Å². The first-order valence-corrected chi connectivity index (χ1v) is 7.33. The van der Waals surface area contributed by atoms with Crippen LogP contribution < -0.4 is 0 Å². The third-order valence-electron chi connectivity index (χ3n) is 2.85. The maximum Gasteiger partial charge on any atom is 0.259 e. The van der Waals surface area contributed by atoms with Gasteiger partial charge in [-0.1, -0.05) is 17.0 Å². The molecule has 0 unspecified atom stereocenters. The molecule has 1 amide bonds. The zero-order valence-corrected chi connectivity index (χ0v) is 12.7. The first-order valence-electron chi connectivity index (χ1n) is 6.45. The van der Waals surface area contributed by atoms with Gasteiger partial charge in [0.2, 0.25) is 0 Å². The van der Waals surface area contributed by atoms with Gasteiger partial charge in [-0.3, -0.25) is 4.79 Å². The quantitative estimate of drug-likeness (QED) is 0.878. The smallest absolute Gasteiger partial charge is 0.259 e. The highest BCUT2D eigenvalue weighted by atomic mass is 32.1. The number of aliphatic hydroxyl groups is 1. The molecule has 2 aromatic rings. The van der Waals surface area contributed by atoms with E-state index in [2.05, 4.69) is 17.0 Å². The maximum atomic E-state index is 12.2. The van der Waals surface area contributed by atoms with Gasteiger partial charge in [-0.25, -0.2) is 0 Å². The number of hydrogen-bond donors (Lipinski definition) is 1. The zero-order chi connectivity index (χ0) is 15.2. The summed E-state index contributed by atoms with van der Waals surface area (Å²) in [5.41, 5.74) is 1.51. The lowest BCUT2D eigenvalue weighted by Crippen LogP contribution is -2.26. The van der Waals surface area contributed by atoms with E-state index < -0.39 is 0 Å². The summed E-state index contributed by atoms with van der Waals surface area (Å²) in [6.07, 6.45) is 1.91. The standard InChI is InChI=1S/C15H16N2O3S/c1-11-14(8-16-20-11)15(19)17(2)9-12-7-13(21-10-12)5-3-4-6-18/h7-8,10,18H,4,6,9H2,1-2H3. The van der Waals surface area contributed by atoms with Crippen LogP contribution in [0.5, 0.6) is 0 Å². The molecule has 0 aromatic carbocycles. The number of carbonyl (C=O) groups excluding carboxylic acids is 1. The minimum atomic E-state index is -0.118. The Morgan fingerprint density at radius 2 is 2.38 bits per heavy atom. The third-order valence-corrected chi connectivity index (χ3v) is 3.74. The number of rotatable bonds is 4. The lowest BCUT2D eigenvalue weighted by Gasteiger charge is -2.15. The van der Waals surface area contributed by atoms with Crippen LogP contribution in [-0.2, 0) is 6.54 Å². The molecule has 0 spiro atoms. The highest BCUT2D eigenvalue weighted by Gasteiger charge is 2.17. The average Bonchev–Trinajstić information content (AvgIpc) is 3.07.